The summed E-state index contributed by atoms with van der Waals surface area (Å²) >= 11 is 0. The number of rotatable bonds is 4. The number of nitrogens with zero attached hydrogens (tertiary/aromatic N) is 4. The fourth-order valence-corrected chi connectivity index (χ4v) is 4.35. The van der Waals surface area contributed by atoms with Gasteiger partial charge in [-0.1, -0.05) is 42.5 Å². The Morgan fingerprint density at radius 1 is 0.853 bits per heavy atom. The summed E-state index contributed by atoms with van der Waals surface area (Å²) in [4.78, 5) is 13.0. The van der Waals surface area contributed by atoms with Crippen LogP contribution in [0.2, 0.25) is 0 Å². The maximum Gasteiger partial charge on any atom is 0.433 e. The molecule has 5 rings (SSSR count). The molecule has 0 radical (unpaired) electrons. The molecule has 174 valence electrons. The highest BCUT2D eigenvalue weighted by Crippen LogP contribution is 2.36. The Morgan fingerprint density at radius 3 is 2.32 bits per heavy atom. The number of anilines is 1. The predicted molar refractivity (Wildman–Crippen MR) is 124 cm³/mol. The van der Waals surface area contributed by atoms with Crippen LogP contribution < -0.4 is 4.90 Å². The highest BCUT2D eigenvalue weighted by atomic mass is 19.4. The van der Waals surface area contributed by atoms with Crippen molar-refractivity contribution < 1.29 is 17.6 Å². The van der Waals surface area contributed by atoms with Crippen LogP contribution in [0.15, 0.2) is 72.9 Å². The lowest BCUT2D eigenvalue weighted by Crippen LogP contribution is -2.46. The Labute approximate surface area is 194 Å². The van der Waals surface area contributed by atoms with E-state index in [9.17, 15) is 17.6 Å². The molecule has 0 saturated carbocycles. The zero-order valence-electron chi connectivity index (χ0n) is 18.3. The topological polar surface area (TPSA) is 32.3 Å². The summed E-state index contributed by atoms with van der Waals surface area (Å²) in [7, 11) is 0. The molecule has 3 heterocycles. The van der Waals surface area contributed by atoms with E-state index in [0.717, 1.165) is 30.3 Å². The van der Waals surface area contributed by atoms with E-state index in [-0.39, 0.29) is 11.3 Å². The Balaban J connectivity index is 1.45. The van der Waals surface area contributed by atoms with Crippen LogP contribution in [0.1, 0.15) is 11.3 Å². The molecule has 0 unspecified atom stereocenters. The molecule has 4 aromatic rings. The standard InChI is InChI=1S/C26H22F4N4/c27-20-8-4-5-18(15-20)17-33-11-13-34(14-12-33)25-21-9-10-23(26(28,29)30)32-24(21)22(16-31-25)19-6-2-1-3-7-19/h1-10,15-16H,11-14,17H2. The molecule has 34 heavy (non-hydrogen) atoms. The third-order valence-corrected chi connectivity index (χ3v) is 6.05. The van der Waals surface area contributed by atoms with E-state index in [4.69, 9.17) is 0 Å². The summed E-state index contributed by atoms with van der Waals surface area (Å²) in [6, 6.07) is 18.2. The van der Waals surface area contributed by atoms with Crippen molar-refractivity contribution in [3.05, 3.63) is 90.0 Å². The van der Waals surface area contributed by atoms with Crippen LogP contribution in [0.4, 0.5) is 23.4 Å². The molecule has 2 aromatic carbocycles. The van der Waals surface area contributed by atoms with E-state index < -0.39 is 11.9 Å². The lowest BCUT2D eigenvalue weighted by atomic mass is 10.0. The quantitative estimate of drug-likeness (QED) is 0.357. The minimum atomic E-state index is -4.53. The van der Waals surface area contributed by atoms with E-state index in [1.807, 2.05) is 36.4 Å². The van der Waals surface area contributed by atoms with Crippen LogP contribution in [0.25, 0.3) is 22.0 Å². The zero-order valence-corrected chi connectivity index (χ0v) is 18.3. The second-order valence-corrected chi connectivity index (χ2v) is 8.35. The summed E-state index contributed by atoms with van der Waals surface area (Å²) in [6.07, 6.45) is -2.92. The second-order valence-electron chi connectivity index (χ2n) is 8.35. The first kappa shape index (κ1) is 22.3. The lowest BCUT2D eigenvalue weighted by Gasteiger charge is -2.36. The van der Waals surface area contributed by atoms with Crippen LogP contribution in [0, 0.1) is 5.82 Å². The normalized spacial score (nSPS) is 15.1. The number of piperazine rings is 1. The minimum Gasteiger partial charge on any atom is -0.353 e. The van der Waals surface area contributed by atoms with Crippen molar-refractivity contribution in [2.45, 2.75) is 12.7 Å². The van der Waals surface area contributed by atoms with Gasteiger partial charge in [-0.2, -0.15) is 13.2 Å². The maximum atomic E-state index is 13.5. The first-order chi connectivity index (χ1) is 16.4. The molecule has 1 saturated heterocycles. The molecule has 0 aliphatic carbocycles. The molecule has 2 aromatic heterocycles. The smallest absolute Gasteiger partial charge is 0.353 e. The third kappa shape index (κ3) is 4.59. The van der Waals surface area contributed by atoms with Gasteiger partial charge >= 0.3 is 6.18 Å². The average Bonchev–Trinajstić information content (AvgIpc) is 2.84. The molecule has 4 nitrogen and oxygen atoms in total. The molecule has 0 amide bonds. The Hall–Kier alpha value is -3.52. The van der Waals surface area contributed by atoms with Crippen molar-refractivity contribution in [3.63, 3.8) is 0 Å². The van der Waals surface area contributed by atoms with Gasteiger partial charge in [0.1, 0.15) is 17.3 Å². The molecular weight excluding hydrogens is 444 g/mol. The van der Waals surface area contributed by atoms with Gasteiger partial charge in [-0.05, 0) is 35.4 Å². The molecule has 0 atom stereocenters. The van der Waals surface area contributed by atoms with Crippen molar-refractivity contribution in [2.24, 2.45) is 0 Å². The van der Waals surface area contributed by atoms with Crippen molar-refractivity contribution in [1.82, 2.24) is 14.9 Å². The monoisotopic (exact) mass is 466 g/mol. The Bertz CT molecular complexity index is 1300. The van der Waals surface area contributed by atoms with E-state index in [1.54, 1.807) is 12.3 Å². The van der Waals surface area contributed by atoms with Gasteiger partial charge in [-0.3, -0.25) is 4.90 Å². The van der Waals surface area contributed by atoms with E-state index >= 15 is 0 Å². The fourth-order valence-electron chi connectivity index (χ4n) is 4.35. The summed E-state index contributed by atoms with van der Waals surface area (Å²) in [5.41, 5.74) is 1.60. The molecular formula is C26H22F4N4. The number of fused-ring (bicyclic) bond motifs is 1. The van der Waals surface area contributed by atoms with Crippen LogP contribution in [0.3, 0.4) is 0 Å². The fraction of sp³-hybridized carbons (Fsp3) is 0.231. The van der Waals surface area contributed by atoms with Crippen molar-refractivity contribution in [1.29, 1.82) is 0 Å². The van der Waals surface area contributed by atoms with Crippen molar-refractivity contribution >= 4 is 16.7 Å². The summed E-state index contributed by atoms with van der Waals surface area (Å²) in [6.45, 7) is 3.41. The molecule has 1 aliphatic heterocycles. The summed E-state index contributed by atoms with van der Waals surface area (Å²) in [5.74, 6) is 0.373. The van der Waals surface area contributed by atoms with Crippen LogP contribution in [-0.2, 0) is 12.7 Å². The van der Waals surface area contributed by atoms with Crippen molar-refractivity contribution in [2.75, 3.05) is 31.1 Å². The number of halogens is 4. The number of benzene rings is 2. The third-order valence-electron chi connectivity index (χ3n) is 6.05. The Morgan fingerprint density at radius 2 is 1.62 bits per heavy atom. The predicted octanol–water partition coefficient (Wildman–Crippen LogP) is 5.78. The number of hydrogen-bond acceptors (Lipinski definition) is 4. The van der Waals surface area contributed by atoms with E-state index in [1.165, 1.54) is 18.2 Å². The molecule has 0 N–H and O–H groups in total. The van der Waals surface area contributed by atoms with Gasteiger partial charge in [-0.15, -0.1) is 0 Å². The van der Waals surface area contributed by atoms with Crippen molar-refractivity contribution in [3.8, 4) is 11.1 Å². The highest BCUT2D eigenvalue weighted by Gasteiger charge is 2.33. The second kappa shape index (κ2) is 9.02. The molecule has 0 spiro atoms. The summed E-state index contributed by atoms with van der Waals surface area (Å²) in [5, 5.41) is 0.591. The zero-order chi connectivity index (χ0) is 23.7. The first-order valence-electron chi connectivity index (χ1n) is 11.0. The van der Waals surface area contributed by atoms with Gasteiger partial charge in [0.2, 0.25) is 0 Å². The lowest BCUT2D eigenvalue weighted by molar-refractivity contribution is -0.140. The number of hydrogen-bond donors (Lipinski definition) is 0. The van der Waals surface area contributed by atoms with Gasteiger partial charge in [-0.25, -0.2) is 14.4 Å². The first-order valence-corrected chi connectivity index (χ1v) is 11.0. The van der Waals surface area contributed by atoms with Gasteiger partial charge in [0, 0.05) is 49.9 Å². The molecule has 0 bridgehead atoms. The molecule has 1 fully saturated rings. The summed E-state index contributed by atoms with van der Waals surface area (Å²) < 4.78 is 53.8. The van der Waals surface area contributed by atoms with Crippen LogP contribution in [-0.4, -0.2) is 41.0 Å². The Kier molecular flexibility index (Phi) is 5.91. The van der Waals surface area contributed by atoms with Gasteiger partial charge in [0.25, 0.3) is 0 Å². The van der Waals surface area contributed by atoms with Gasteiger partial charge in [0.05, 0.1) is 5.52 Å². The van der Waals surface area contributed by atoms with E-state index in [2.05, 4.69) is 19.8 Å². The number of alkyl halides is 3. The van der Waals surface area contributed by atoms with Gasteiger partial charge < -0.3 is 4.90 Å². The SMILES string of the molecule is Fc1cccc(CN2CCN(c3ncc(-c4ccccc4)c4nc(C(F)(F)F)ccc34)CC2)c1. The van der Waals surface area contributed by atoms with Crippen LogP contribution in [0.5, 0.6) is 0 Å². The largest absolute Gasteiger partial charge is 0.433 e. The highest BCUT2D eigenvalue weighted by molar-refractivity contribution is 5.99. The molecule has 8 heteroatoms. The van der Waals surface area contributed by atoms with Crippen LogP contribution >= 0.6 is 0 Å². The average molecular weight is 466 g/mol. The van der Waals surface area contributed by atoms with E-state index in [0.29, 0.717) is 36.4 Å². The number of pyridine rings is 2. The van der Waals surface area contributed by atoms with Gasteiger partial charge in [0.15, 0.2) is 0 Å². The number of aromatic nitrogens is 2. The molecule has 1 aliphatic rings. The minimum absolute atomic E-state index is 0.254. The maximum absolute atomic E-state index is 13.5.